The summed E-state index contributed by atoms with van der Waals surface area (Å²) < 4.78 is 40.9. The molecule has 0 saturated heterocycles. The number of nitrogens with zero attached hydrogens (tertiary/aromatic N) is 1. The highest BCUT2D eigenvalue weighted by atomic mass is 32.2. The minimum Gasteiger partial charge on any atom is -0.496 e. The Bertz CT molecular complexity index is 1150. The smallest absolute Gasteiger partial charge is 0.407 e. The first-order valence-electron chi connectivity index (χ1n) is 10.8. The van der Waals surface area contributed by atoms with Gasteiger partial charge in [-0.05, 0) is 60.2 Å². The van der Waals surface area contributed by atoms with E-state index >= 15 is 0 Å². The average Bonchev–Trinajstić information content (AvgIpc) is 2.81. The van der Waals surface area contributed by atoms with Gasteiger partial charge in [-0.15, -0.1) is 0 Å². The van der Waals surface area contributed by atoms with Crippen LogP contribution in [0.1, 0.15) is 24.8 Å². The predicted octanol–water partition coefficient (Wildman–Crippen LogP) is 2.67. The van der Waals surface area contributed by atoms with Crippen LogP contribution in [0, 0.1) is 0 Å². The molecular weight excluding hydrogens is 464 g/mol. The predicted molar refractivity (Wildman–Crippen MR) is 124 cm³/mol. The lowest BCUT2D eigenvalue weighted by molar-refractivity contribution is -0.107. The molecule has 0 radical (unpaired) electrons. The van der Waals surface area contributed by atoms with E-state index in [1.54, 1.807) is 18.2 Å². The molecule has 0 aromatic heterocycles. The fourth-order valence-corrected chi connectivity index (χ4v) is 4.45. The minimum absolute atomic E-state index is 0.0953. The number of fused-ring (bicyclic) bond motifs is 1. The van der Waals surface area contributed by atoms with Crippen molar-refractivity contribution in [3.8, 4) is 28.4 Å². The third-order valence-electron chi connectivity index (χ3n) is 5.45. The maximum absolute atomic E-state index is 12.2. The van der Waals surface area contributed by atoms with Crippen LogP contribution in [-0.4, -0.2) is 64.2 Å². The van der Waals surface area contributed by atoms with Crippen LogP contribution < -0.4 is 19.3 Å². The second-order valence-electron chi connectivity index (χ2n) is 7.75. The van der Waals surface area contributed by atoms with Gasteiger partial charge < -0.3 is 29.0 Å². The monoisotopic (exact) mass is 492 g/mol. The fourth-order valence-electron chi connectivity index (χ4n) is 3.74. The first-order chi connectivity index (χ1) is 16.2. The highest BCUT2D eigenvalue weighted by Crippen LogP contribution is 2.41. The molecule has 11 heteroatoms. The van der Waals surface area contributed by atoms with Crippen LogP contribution in [0.4, 0.5) is 4.79 Å². The number of primary sulfonamides is 1. The average molecular weight is 493 g/mol. The van der Waals surface area contributed by atoms with Gasteiger partial charge in [0.2, 0.25) is 10.0 Å². The van der Waals surface area contributed by atoms with Crippen molar-refractivity contribution in [1.29, 1.82) is 0 Å². The Morgan fingerprint density at radius 3 is 2.59 bits per heavy atom. The number of carboxylic acid groups (broad SMARTS) is 1. The molecule has 0 unspecified atom stereocenters. The number of hydrogen-bond donors (Lipinski definition) is 2. The number of unbranched alkanes of at least 4 members (excludes halogenated alkanes) is 2. The van der Waals surface area contributed by atoms with Crippen LogP contribution in [0.5, 0.6) is 17.2 Å². The highest BCUT2D eigenvalue weighted by Gasteiger charge is 2.25. The van der Waals surface area contributed by atoms with Crippen LogP contribution in [0.2, 0.25) is 0 Å². The molecule has 1 aliphatic heterocycles. The molecule has 1 heterocycles. The summed E-state index contributed by atoms with van der Waals surface area (Å²) in [4.78, 5) is 23.2. The van der Waals surface area contributed by atoms with Gasteiger partial charge in [-0.25, -0.2) is 18.4 Å². The van der Waals surface area contributed by atoms with Crippen LogP contribution in [0.15, 0.2) is 35.2 Å². The summed E-state index contributed by atoms with van der Waals surface area (Å²) in [6, 6.07) is 8.46. The summed E-state index contributed by atoms with van der Waals surface area (Å²) in [5, 5.41) is 14.9. The number of rotatable bonds is 11. The van der Waals surface area contributed by atoms with Gasteiger partial charge in [0.1, 0.15) is 30.1 Å². The van der Waals surface area contributed by atoms with Crippen molar-refractivity contribution in [1.82, 2.24) is 4.90 Å². The molecule has 2 aromatic carbocycles. The molecule has 10 nitrogen and oxygen atoms in total. The van der Waals surface area contributed by atoms with E-state index in [0.29, 0.717) is 49.1 Å². The van der Waals surface area contributed by atoms with E-state index in [1.165, 1.54) is 18.1 Å². The molecule has 1 amide bonds. The SMILES string of the molecule is COc1ccc(-c2cc3c(c(S(N)(=O)=O)c2)OCCO3)cc1CCN(CCCCC=O)C(=O)O. The summed E-state index contributed by atoms with van der Waals surface area (Å²) in [7, 11) is -2.54. The molecule has 2 aromatic rings. The van der Waals surface area contributed by atoms with Crippen LogP contribution in [0.3, 0.4) is 0 Å². The minimum atomic E-state index is -4.07. The Labute approximate surface area is 198 Å². The van der Waals surface area contributed by atoms with Gasteiger partial charge in [0.25, 0.3) is 0 Å². The Morgan fingerprint density at radius 1 is 1.15 bits per heavy atom. The normalized spacial score (nSPS) is 12.8. The maximum atomic E-state index is 12.2. The molecule has 0 atom stereocenters. The van der Waals surface area contributed by atoms with Crippen molar-refractivity contribution in [3.05, 3.63) is 35.9 Å². The molecule has 0 bridgehead atoms. The Kier molecular flexibility index (Phi) is 8.35. The number of ether oxygens (including phenoxy) is 3. The number of sulfonamides is 1. The number of carbonyl (C=O) groups excluding carboxylic acids is 1. The van der Waals surface area contributed by atoms with Gasteiger partial charge in [0.05, 0.1) is 7.11 Å². The zero-order valence-corrected chi connectivity index (χ0v) is 19.7. The molecule has 3 rings (SSSR count). The van der Waals surface area contributed by atoms with Crippen molar-refractivity contribution < 1.29 is 37.3 Å². The lowest BCUT2D eigenvalue weighted by Gasteiger charge is -2.22. The van der Waals surface area contributed by atoms with Gasteiger partial charge in [-0.3, -0.25) is 0 Å². The van der Waals surface area contributed by atoms with Crippen molar-refractivity contribution in [2.45, 2.75) is 30.6 Å². The number of methoxy groups -OCH3 is 1. The first-order valence-corrected chi connectivity index (χ1v) is 12.3. The molecule has 184 valence electrons. The lowest BCUT2D eigenvalue weighted by atomic mass is 10.00. The van der Waals surface area contributed by atoms with E-state index in [9.17, 15) is 23.1 Å². The third kappa shape index (κ3) is 6.17. The fraction of sp³-hybridized carbons (Fsp3) is 0.391. The summed E-state index contributed by atoms with van der Waals surface area (Å²) in [5.41, 5.74) is 2.00. The van der Waals surface area contributed by atoms with Crippen LogP contribution >= 0.6 is 0 Å². The summed E-state index contributed by atoms with van der Waals surface area (Å²) >= 11 is 0. The highest BCUT2D eigenvalue weighted by molar-refractivity contribution is 7.89. The van der Waals surface area contributed by atoms with Crippen molar-refractivity contribution in [2.24, 2.45) is 5.14 Å². The largest absolute Gasteiger partial charge is 0.496 e. The zero-order chi connectivity index (χ0) is 24.7. The summed E-state index contributed by atoms with van der Waals surface area (Å²) in [6.07, 6.45) is 1.79. The Balaban J connectivity index is 1.89. The summed E-state index contributed by atoms with van der Waals surface area (Å²) in [5.74, 6) is 0.967. The van der Waals surface area contributed by atoms with Gasteiger partial charge in [0, 0.05) is 19.5 Å². The van der Waals surface area contributed by atoms with Gasteiger partial charge in [-0.2, -0.15) is 0 Å². The number of carbonyl (C=O) groups is 2. The first kappa shape index (κ1) is 25.3. The molecule has 34 heavy (non-hydrogen) atoms. The van der Waals surface area contributed by atoms with Crippen molar-refractivity contribution in [2.75, 3.05) is 33.4 Å². The van der Waals surface area contributed by atoms with Crippen LogP contribution in [-0.2, 0) is 21.2 Å². The number of amides is 1. The molecule has 0 aliphatic carbocycles. The van der Waals surface area contributed by atoms with E-state index in [0.717, 1.165) is 11.8 Å². The standard InChI is InChI=1S/C23H28N2O8S/c1-31-19-6-5-16(13-17(19)7-9-25(23(27)28)8-3-2-4-10-26)18-14-20-22(33-12-11-32-20)21(15-18)34(24,29)30/h5-6,10,13-15H,2-4,7-9,11-12H2,1H3,(H,27,28)(H2,24,29,30). The van der Waals surface area contributed by atoms with E-state index in [1.807, 2.05) is 6.07 Å². The van der Waals surface area contributed by atoms with Gasteiger partial charge in [0.15, 0.2) is 11.5 Å². The number of benzene rings is 2. The lowest BCUT2D eigenvalue weighted by Crippen LogP contribution is -2.32. The molecule has 0 saturated carbocycles. The van der Waals surface area contributed by atoms with E-state index < -0.39 is 16.1 Å². The topological polar surface area (TPSA) is 145 Å². The Morgan fingerprint density at radius 2 is 1.91 bits per heavy atom. The van der Waals surface area contributed by atoms with E-state index in [2.05, 4.69) is 0 Å². The molecule has 0 spiro atoms. The Hall–Kier alpha value is -3.31. The summed E-state index contributed by atoms with van der Waals surface area (Å²) in [6.45, 7) is 1.06. The quantitative estimate of drug-likeness (QED) is 0.360. The van der Waals surface area contributed by atoms with Crippen molar-refractivity contribution in [3.63, 3.8) is 0 Å². The molecular formula is C23H28N2O8S. The number of aldehydes is 1. The number of nitrogens with two attached hydrogens (primary N) is 1. The van der Waals surface area contributed by atoms with Gasteiger partial charge >= 0.3 is 6.09 Å². The number of hydrogen-bond acceptors (Lipinski definition) is 7. The second-order valence-corrected chi connectivity index (χ2v) is 9.28. The third-order valence-corrected chi connectivity index (χ3v) is 6.37. The van der Waals surface area contributed by atoms with E-state index in [-0.39, 0.29) is 36.2 Å². The molecule has 1 aliphatic rings. The second kappa shape index (κ2) is 11.2. The van der Waals surface area contributed by atoms with Crippen LogP contribution in [0.25, 0.3) is 11.1 Å². The zero-order valence-electron chi connectivity index (χ0n) is 18.9. The molecule has 0 fully saturated rings. The van der Waals surface area contributed by atoms with Crippen molar-refractivity contribution >= 4 is 22.4 Å². The van der Waals surface area contributed by atoms with Gasteiger partial charge in [-0.1, -0.05) is 6.07 Å². The van der Waals surface area contributed by atoms with E-state index in [4.69, 9.17) is 19.3 Å². The maximum Gasteiger partial charge on any atom is 0.407 e. The molecule has 3 N–H and O–H groups in total.